The number of hydrogen-bond acceptors (Lipinski definition) is 3. The van der Waals surface area contributed by atoms with Crippen LogP contribution in [0.5, 0.6) is 17.2 Å². The summed E-state index contributed by atoms with van der Waals surface area (Å²) < 4.78 is 16.1. The van der Waals surface area contributed by atoms with Crippen molar-refractivity contribution in [1.82, 2.24) is 0 Å². The fourth-order valence-electron chi connectivity index (χ4n) is 8.79. The zero-order valence-electron chi connectivity index (χ0n) is 28.7. The Morgan fingerprint density at radius 3 is 1.94 bits per heavy atom. The standard InChI is InChI=1S/C48H31BO2SSi/c1-3-16-34(17-4-1)53(35-18-5-2-6-19-35,46-28-14-23-39-38-22-8-12-27-45(38)52-48(39)46)36-20-13-15-32(29-36)33-30-40-37-21-7-10-25-42(37)51-49-41-24-9-11-26-43(41)50-44(31-33)47(40)49/h1-31H. The van der Waals surface area contributed by atoms with E-state index in [9.17, 15) is 0 Å². The molecule has 53 heavy (non-hydrogen) atoms. The number of ether oxygens (including phenoxy) is 1. The van der Waals surface area contributed by atoms with E-state index in [1.54, 1.807) is 0 Å². The Balaban J connectivity index is 1.19. The molecule has 0 radical (unpaired) electrons. The molecule has 2 aliphatic heterocycles. The number of para-hydroxylation sites is 2. The minimum absolute atomic E-state index is 0.224. The van der Waals surface area contributed by atoms with E-state index >= 15 is 0 Å². The maximum Gasteiger partial charge on any atom is 0.434 e. The van der Waals surface area contributed by atoms with Gasteiger partial charge in [0, 0.05) is 36.7 Å². The minimum Gasteiger partial charge on any atom is -0.551 e. The third kappa shape index (κ3) is 4.58. The summed E-state index contributed by atoms with van der Waals surface area (Å²) in [5.74, 6) is 2.59. The highest BCUT2D eigenvalue weighted by atomic mass is 32.1. The number of fused-ring (bicyclic) bond motifs is 7. The minimum atomic E-state index is -2.89. The summed E-state index contributed by atoms with van der Waals surface area (Å²) in [5.41, 5.74) is 6.69. The highest BCUT2D eigenvalue weighted by Crippen LogP contribution is 2.41. The van der Waals surface area contributed by atoms with Gasteiger partial charge in [-0.2, -0.15) is 0 Å². The summed E-state index contributed by atoms with van der Waals surface area (Å²) >= 11 is 1.92. The van der Waals surface area contributed by atoms with E-state index in [2.05, 4.69) is 176 Å². The molecule has 0 bridgehead atoms. The molecule has 9 aromatic rings. The van der Waals surface area contributed by atoms with Crippen LogP contribution in [-0.2, 0) is 0 Å². The van der Waals surface area contributed by atoms with Crippen molar-refractivity contribution < 1.29 is 9.39 Å². The monoisotopic (exact) mass is 710 g/mol. The quantitative estimate of drug-likeness (QED) is 0.132. The molecule has 0 saturated carbocycles. The molecule has 0 unspecified atom stereocenters. The van der Waals surface area contributed by atoms with Gasteiger partial charge in [0.15, 0.2) is 8.07 Å². The molecule has 5 heteroatoms. The average Bonchev–Trinajstić information content (AvgIpc) is 3.61. The van der Waals surface area contributed by atoms with E-state index in [-0.39, 0.29) is 6.92 Å². The molecular weight excluding hydrogens is 679 g/mol. The first-order valence-electron chi connectivity index (χ1n) is 18.1. The largest absolute Gasteiger partial charge is 0.551 e. The van der Waals surface area contributed by atoms with Gasteiger partial charge in [-0.15, -0.1) is 11.3 Å². The second-order valence-electron chi connectivity index (χ2n) is 13.9. The lowest BCUT2D eigenvalue weighted by Crippen LogP contribution is -2.74. The molecular formula is C48H31BO2SSi. The summed E-state index contributed by atoms with van der Waals surface area (Å²) in [6.07, 6.45) is 0. The van der Waals surface area contributed by atoms with Crippen LogP contribution in [0.4, 0.5) is 0 Å². The molecule has 11 rings (SSSR count). The lowest BCUT2D eigenvalue weighted by atomic mass is 9.50. The van der Waals surface area contributed by atoms with E-state index in [1.165, 1.54) is 40.9 Å². The first-order valence-corrected chi connectivity index (χ1v) is 20.9. The second-order valence-corrected chi connectivity index (χ2v) is 18.7. The van der Waals surface area contributed by atoms with Crippen LogP contribution in [0.2, 0.25) is 0 Å². The van der Waals surface area contributed by atoms with Crippen LogP contribution < -0.4 is 41.1 Å². The Hall–Kier alpha value is -6.14. The number of rotatable bonds is 5. The van der Waals surface area contributed by atoms with E-state index in [0.29, 0.717) is 0 Å². The number of hydrogen-bond donors (Lipinski definition) is 0. The van der Waals surface area contributed by atoms with Crippen molar-refractivity contribution in [2.24, 2.45) is 0 Å². The number of thiophene rings is 1. The smallest absolute Gasteiger partial charge is 0.434 e. The van der Waals surface area contributed by atoms with E-state index in [0.717, 1.165) is 50.4 Å². The van der Waals surface area contributed by atoms with Crippen LogP contribution in [0.3, 0.4) is 0 Å². The van der Waals surface area contributed by atoms with Crippen molar-refractivity contribution >= 4 is 78.2 Å². The SMILES string of the molecule is c1ccc([Si](c2ccccc2)(c2cccc(-c3cc4c5c(c3)-c3ccccc3OB5c3ccccc3O4)c2)c2cccc3c2sc2ccccc23)cc1. The molecule has 0 N–H and O–H groups in total. The van der Waals surface area contributed by atoms with Gasteiger partial charge in [0.05, 0.1) is 0 Å². The van der Waals surface area contributed by atoms with Crippen molar-refractivity contribution in [3.05, 3.63) is 188 Å². The Kier molecular flexibility index (Phi) is 6.88. The Bertz CT molecular complexity index is 2830. The molecule has 0 aliphatic carbocycles. The first-order chi connectivity index (χ1) is 26.3. The molecule has 3 heterocycles. The van der Waals surface area contributed by atoms with Crippen molar-refractivity contribution in [3.8, 4) is 39.5 Å². The molecule has 8 aromatic carbocycles. The van der Waals surface area contributed by atoms with Crippen LogP contribution in [0.25, 0.3) is 42.4 Å². The van der Waals surface area contributed by atoms with Crippen LogP contribution in [0, 0.1) is 0 Å². The van der Waals surface area contributed by atoms with E-state index in [4.69, 9.17) is 9.39 Å². The van der Waals surface area contributed by atoms with Gasteiger partial charge < -0.3 is 9.39 Å². The maximum absolute atomic E-state index is 6.71. The van der Waals surface area contributed by atoms with Gasteiger partial charge in [-0.1, -0.05) is 158 Å². The van der Waals surface area contributed by atoms with Crippen LogP contribution in [0.1, 0.15) is 0 Å². The fourth-order valence-corrected chi connectivity index (χ4v) is 15.4. The van der Waals surface area contributed by atoms with E-state index in [1.807, 2.05) is 23.5 Å². The van der Waals surface area contributed by atoms with Gasteiger partial charge in [-0.05, 0) is 67.8 Å². The van der Waals surface area contributed by atoms with Crippen molar-refractivity contribution in [3.63, 3.8) is 0 Å². The lowest BCUT2D eigenvalue weighted by Gasteiger charge is -2.35. The third-order valence-electron chi connectivity index (χ3n) is 11.1. The molecule has 0 atom stereocenters. The Labute approximate surface area is 313 Å². The van der Waals surface area contributed by atoms with Crippen LogP contribution in [0.15, 0.2) is 188 Å². The predicted molar refractivity (Wildman–Crippen MR) is 226 cm³/mol. The van der Waals surface area contributed by atoms with Gasteiger partial charge in [0.2, 0.25) is 0 Å². The second kappa shape index (κ2) is 12.0. The third-order valence-corrected chi connectivity index (χ3v) is 17.3. The summed E-state index contributed by atoms with van der Waals surface area (Å²) in [5, 5.41) is 8.13. The molecule has 2 nitrogen and oxygen atoms in total. The van der Waals surface area contributed by atoms with Crippen molar-refractivity contribution in [2.45, 2.75) is 0 Å². The summed E-state index contributed by atoms with van der Waals surface area (Å²) in [7, 11) is -2.89. The van der Waals surface area contributed by atoms with Crippen LogP contribution in [-0.4, -0.2) is 15.0 Å². The topological polar surface area (TPSA) is 18.5 Å². The Morgan fingerprint density at radius 1 is 0.453 bits per heavy atom. The predicted octanol–water partition coefficient (Wildman–Crippen LogP) is 8.37. The fraction of sp³-hybridized carbons (Fsp3) is 0. The molecule has 248 valence electrons. The molecule has 0 amide bonds. The van der Waals surface area contributed by atoms with Gasteiger partial charge in [0.25, 0.3) is 0 Å². The van der Waals surface area contributed by atoms with Gasteiger partial charge in [-0.25, -0.2) is 0 Å². The highest BCUT2D eigenvalue weighted by Gasteiger charge is 2.44. The van der Waals surface area contributed by atoms with Crippen molar-refractivity contribution in [2.75, 3.05) is 0 Å². The van der Waals surface area contributed by atoms with Gasteiger partial charge >= 0.3 is 6.92 Å². The van der Waals surface area contributed by atoms with E-state index < -0.39 is 8.07 Å². The molecule has 0 fully saturated rings. The summed E-state index contributed by atoms with van der Waals surface area (Å²) in [4.78, 5) is 0. The normalized spacial score (nSPS) is 12.8. The molecule has 0 spiro atoms. The molecule has 1 aromatic heterocycles. The summed E-state index contributed by atoms with van der Waals surface area (Å²) in [6, 6.07) is 68.9. The molecule has 2 aliphatic rings. The van der Waals surface area contributed by atoms with Crippen LogP contribution >= 0.6 is 11.3 Å². The highest BCUT2D eigenvalue weighted by molar-refractivity contribution is 7.30. The van der Waals surface area contributed by atoms with Crippen molar-refractivity contribution in [1.29, 1.82) is 0 Å². The van der Waals surface area contributed by atoms with Gasteiger partial charge in [-0.3, -0.25) is 0 Å². The summed E-state index contributed by atoms with van der Waals surface area (Å²) in [6.45, 7) is -0.224. The maximum atomic E-state index is 6.71. The zero-order valence-corrected chi connectivity index (χ0v) is 30.5. The Morgan fingerprint density at radius 2 is 1.11 bits per heavy atom. The molecule has 0 saturated heterocycles. The number of benzene rings is 8. The zero-order chi connectivity index (χ0) is 34.9. The van der Waals surface area contributed by atoms with Gasteiger partial charge in [0.1, 0.15) is 17.2 Å². The first kappa shape index (κ1) is 30.5. The lowest BCUT2D eigenvalue weighted by molar-refractivity contribution is 0.479. The average molecular weight is 711 g/mol.